The molecule has 2 aromatic carbocycles. The first-order valence-corrected chi connectivity index (χ1v) is 8.08. The van der Waals surface area contributed by atoms with Gasteiger partial charge in [-0.2, -0.15) is 0 Å². The third-order valence-electron chi connectivity index (χ3n) is 4.03. The van der Waals surface area contributed by atoms with Crippen LogP contribution in [-0.2, 0) is 11.2 Å². The molecule has 1 N–H and O–H groups in total. The van der Waals surface area contributed by atoms with Gasteiger partial charge in [0.05, 0.1) is 6.54 Å². The molecular formula is C20H25NO2. The molecule has 0 radical (unpaired) electrons. The van der Waals surface area contributed by atoms with E-state index < -0.39 is 0 Å². The third kappa shape index (κ3) is 5.13. The van der Waals surface area contributed by atoms with Crippen LogP contribution in [0.1, 0.15) is 28.7 Å². The molecule has 3 heteroatoms. The lowest BCUT2D eigenvalue weighted by atomic mass is 10.1. The fourth-order valence-electron chi connectivity index (χ4n) is 2.48. The minimum atomic E-state index is 0.0649. The molecule has 0 heterocycles. The maximum Gasteiger partial charge on any atom is 0.220 e. The smallest absolute Gasteiger partial charge is 0.220 e. The molecule has 0 aliphatic carbocycles. The van der Waals surface area contributed by atoms with E-state index in [9.17, 15) is 4.79 Å². The van der Waals surface area contributed by atoms with Crippen molar-refractivity contribution in [2.75, 3.05) is 13.2 Å². The first kappa shape index (κ1) is 17.1. The number of carbonyl (C=O) groups is 1. The second kappa shape index (κ2) is 8.37. The Balaban J connectivity index is 1.71. The Morgan fingerprint density at radius 3 is 2.43 bits per heavy atom. The van der Waals surface area contributed by atoms with E-state index in [1.165, 1.54) is 16.7 Å². The highest BCUT2D eigenvalue weighted by molar-refractivity contribution is 5.76. The Morgan fingerprint density at radius 2 is 1.70 bits per heavy atom. The molecule has 2 aromatic rings. The van der Waals surface area contributed by atoms with Gasteiger partial charge in [-0.3, -0.25) is 4.79 Å². The highest BCUT2D eigenvalue weighted by Crippen LogP contribution is 2.25. The fraction of sp³-hybridized carbons (Fsp3) is 0.350. The first-order chi connectivity index (χ1) is 11.1. The quantitative estimate of drug-likeness (QED) is 0.791. The molecule has 0 saturated heterocycles. The lowest BCUT2D eigenvalue weighted by molar-refractivity contribution is -0.121. The van der Waals surface area contributed by atoms with Crippen LogP contribution in [0, 0.1) is 20.8 Å². The van der Waals surface area contributed by atoms with Crippen LogP contribution in [0.2, 0.25) is 0 Å². The largest absolute Gasteiger partial charge is 0.491 e. The van der Waals surface area contributed by atoms with Crippen molar-refractivity contribution < 1.29 is 9.53 Å². The number of carbonyl (C=O) groups excluding carboxylic acids is 1. The van der Waals surface area contributed by atoms with Gasteiger partial charge in [-0.25, -0.2) is 0 Å². The van der Waals surface area contributed by atoms with Gasteiger partial charge in [-0.05, 0) is 49.4 Å². The zero-order valence-corrected chi connectivity index (χ0v) is 14.2. The summed E-state index contributed by atoms with van der Waals surface area (Å²) < 4.78 is 5.85. The van der Waals surface area contributed by atoms with Gasteiger partial charge in [-0.1, -0.05) is 42.5 Å². The average Bonchev–Trinajstić information content (AvgIpc) is 2.57. The van der Waals surface area contributed by atoms with Crippen LogP contribution in [0.25, 0.3) is 0 Å². The van der Waals surface area contributed by atoms with Gasteiger partial charge in [0.25, 0.3) is 0 Å². The van der Waals surface area contributed by atoms with E-state index in [-0.39, 0.29) is 5.91 Å². The third-order valence-corrected chi connectivity index (χ3v) is 4.03. The number of hydrogen-bond acceptors (Lipinski definition) is 2. The summed E-state index contributed by atoms with van der Waals surface area (Å²) in [4.78, 5) is 11.8. The summed E-state index contributed by atoms with van der Waals surface area (Å²) in [5.74, 6) is 0.999. The molecular weight excluding hydrogens is 286 g/mol. The van der Waals surface area contributed by atoms with Gasteiger partial charge in [-0.15, -0.1) is 0 Å². The predicted octanol–water partition coefficient (Wildman–Crippen LogP) is 3.74. The number of aryl methyl sites for hydroxylation is 3. The number of rotatable bonds is 7. The normalized spacial score (nSPS) is 10.4. The van der Waals surface area contributed by atoms with E-state index in [4.69, 9.17) is 4.74 Å². The van der Waals surface area contributed by atoms with Gasteiger partial charge in [0, 0.05) is 6.42 Å². The van der Waals surface area contributed by atoms with Crippen LogP contribution in [0.5, 0.6) is 5.75 Å². The number of hydrogen-bond donors (Lipinski definition) is 1. The standard InChI is InChI=1S/C20H25NO2/c1-15-9-10-16(2)20(17(15)3)23-14-13-21-19(22)12-11-18-7-5-4-6-8-18/h4-10H,11-14H2,1-3H3,(H,21,22). The molecule has 0 spiro atoms. The van der Waals surface area contributed by atoms with E-state index in [2.05, 4.69) is 31.3 Å². The van der Waals surface area contributed by atoms with Crippen molar-refractivity contribution in [3.63, 3.8) is 0 Å². The second-order valence-electron chi connectivity index (χ2n) is 5.84. The zero-order chi connectivity index (χ0) is 16.7. The summed E-state index contributed by atoms with van der Waals surface area (Å²) in [6, 6.07) is 14.2. The van der Waals surface area contributed by atoms with E-state index in [1.807, 2.05) is 37.3 Å². The second-order valence-corrected chi connectivity index (χ2v) is 5.84. The molecule has 0 aliphatic rings. The molecule has 122 valence electrons. The maximum absolute atomic E-state index is 11.8. The Hall–Kier alpha value is -2.29. The molecule has 2 rings (SSSR count). The molecule has 0 atom stereocenters. The van der Waals surface area contributed by atoms with Crippen LogP contribution < -0.4 is 10.1 Å². The fourth-order valence-corrected chi connectivity index (χ4v) is 2.48. The summed E-state index contributed by atoms with van der Waals surface area (Å²) in [6.07, 6.45) is 1.27. The molecule has 0 aliphatic heterocycles. The van der Waals surface area contributed by atoms with E-state index >= 15 is 0 Å². The molecule has 3 nitrogen and oxygen atoms in total. The van der Waals surface area contributed by atoms with Gasteiger partial charge in [0.2, 0.25) is 5.91 Å². The van der Waals surface area contributed by atoms with E-state index in [0.29, 0.717) is 19.6 Å². The topological polar surface area (TPSA) is 38.3 Å². The monoisotopic (exact) mass is 311 g/mol. The minimum Gasteiger partial charge on any atom is -0.491 e. The number of benzene rings is 2. The SMILES string of the molecule is Cc1ccc(C)c(OCCNC(=O)CCc2ccccc2)c1C. The maximum atomic E-state index is 11.8. The molecule has 0 fully saturated rings. The van der Waals surface area contributed by atoms with Crippen molar-refractivity contribution in [3.8, 4) is 5.75 Å². The first-order valence-electron chi connectivity index (χ1n) is 8.08. The van der Waals surface area contributed by atoms with Crippen molar-refractivity contribution >= 4 is 5.91 Å². The average molecular weight is 311 g/mol. The highest BCUT2D eigenvalue weighted by Gasteiger charge is 2.07. The molecule has 0 saturated carbocycles. The van der Waals surface area contributed by atoms with Crippen LogP contribution in [0.15, 0.2) is 42.5 Å². The Kier molecular flexibility index (Phi) is 6.21. The molecule has 23 heavy (non-hydrogen) atoms. The van der Waals surface area contributed by atoms with Gasteiger partial charge < -0.3 is 10.1 Å². The van der Waals surface area contributed by atoms with Crippen LogP contribution in [0.3, 0.4) is 0 Å². The van der Waals surface area contributed by atoms with Gasteiger partial charge >= 0.3 is 0 Å². The molecule has 1 amide bonds. The highest BCUT2D eigenvalue weighted by atomic mass is 16.5. The van der Waals surface area contributed by atoms with Crippen molar-refractivity contribution in [1.29, 1.82) is 0 Å². The van der Waals surface area contributed by atoms with Crippen LogP contribution in [0.4, 0.5) is 0 Å². The minimum absolute atomic E-state index is 0.0649. The summed E-state index contributed by atoms with van der Waals surface area (Å²) in [5.41, 5.74) is 4.70. The van der Waals surface area contributed by atoms with Gasteiger partial charge in [0.1, 0.15) is 12.4 Å². The molecule has 0 bridgehead atoms. The Morgan fingerprint density at radius 1 is 1.00 bits per heavy atom. The summed E-state index contributed by atoms with van der Waals surface area (Å²) in [6.45, 7) is 7.20. The van der Waals surface area contributed by atoms with E-state index in [0.717, 1.165) is 17.7 Å². The van der Waals surface area contributed by atoms with E-state index in [1.54, 1.807) is 0 Å². The van der Waals surface area contributed by atoms with Crippen LogP contribution in [-0.4, -0.2) is 19.1 Å². The Labute approximate surface area is 138 Å². The van der Waals surface area contributed by atoms with Crippen molar-refractivity contribution in [2.45, 2.75) is 33.6 Å². The van der Waals surface area contributed by atoms with Crippen molar-refractivity contribution in [2.24, 2.45) is 0 Å². The number of amides is 1. The van der Waals surface area contributed by atoms with Gasteiger partial charge in [0.15, 0.2) is 0 Å². The molecule has 0 unspecified atom stereocenters. The predicted molar refractivity (Wildman–Crippen MR) is 93.9 cm³/mol. The lowest BCUT2D eigenvalue weighted by Crippen LogP contribution is -2.28. The van der Waals surface area contributed by atoms with Crippen molar-refractivity contribution in [3.05, 3.63) is 64.7 Å². The summed E-state index contributed by atoms with van der Waals surface area (Å²) in [5, 5.41) is 2.91. The zero-order valence-electron chi connectivity index (χ0n) is 14.2. The summed E-state index contributed by atoms with van der Waals surface area (Å²) >= 11 is 0. The number of nitrogens with one attached hydrogen (secondary N) is 1. The number of ether oxygens (including phenoxy) is 1. The molecule has 0 aromatic heterocycles. The summed E-state index contributed by atoms with van der Waals surface area (Å²) in [7, 11) is 0. The van der Waals surface area contributed by atoms with Crippen molar-refractivity contribution in [1.82, 2.24) is 5.32 Å². The lowest BCUT2D eigenvalue weighted by Gasteiger charge is -2.14. The van der Waals surface area contributed by atoms with Crippen LogP contribution >= 0.6 is 0 Å². The Bertz CT molecular complexity index is 650.